The number of thiocarbonyl (C=S) groups is 1. The molecule has 0 amide bonds. The summed E-state index contributed by atoms with van der Waals surface area (Å²) >= 11 is 5.48. The Balaban J connectivity index is 1.50. The van der Waals surface area contributed by atoms with Crippen LogP contribution in [-0.2, 0) is 6.54 Å². The van der Waals surface area contributed by atoms with Gasteiger partial charge >= 0.3 is 6.36 Å². The summed E-state index contributed by atoms with van der Waals surface area (Å²) in [5, 5.41) is 3.65. The molecule has 9 heteroatoms. The van der Waals surface area contributed by atoms with Crippen LogP contribution in [0.3, 0.4) is 0 Å². The summed E-state index contributed by atoms with van der Waals surface area (Å²) < 4.78 is 40.6. The minimum atomic E-state index is -4.70. The first kappa shape index (κ1) is 20.3. The predicted octanol–water partition coefficient (Wildman–Crippen LogP) is 3.88. The van der Waals surface area contributed by atoms with E-state index in [0.29, 0.717) is 10.8 Å². The molecule has 1 aliphatic rings. The van der Waals surface area contributed by atoms with Crippen LogP contribution in [0.15, 0.2) is 48.8 Å². The number of aromatic nitrogens is 1. The third-order valence-corrected chi connectivity index (χ3v) is 4.73. The molecule has 1 saturated heterocycles. The number of ether oxygens (including phenoxy) is 1. The van der Waals surface area contributed by atoms with Crippen LogP contribution in [0.1, 0.15) is 12.0 Å². The van der Waals surface area contributed by atoms with Gasteiger partial charge in [-0.2, -0.15) is 0 Å². The first-order valence-corrected chi connectivity index (χ1v) is 9.33. The number of halogens is 3. The molecule has 1 aromatic heterocycles. The van der Waals surface area contributed by atoms with Crippen molar-refractivity contribution in [3.05, 3.63) is 54.4 Å². The zero-order valence-corrected chi connectivity index (χ0v) is 16.0. The van der Waals surface area contributed by atoms with Crippen molar-refractivity contribution in [2.45, 2.75) is 19.3 Å². The Hall–Kier alpha value is -2.39. The lowest BCUT2D eigenvalue weighted by molar-refractivity contribution is -0.274. The molecule has 150 valence electrons. The van der Waals surface area contributed by atoms with E-state index in [9.17, 15) is 13.2 Å². The molecule has 0 spiro atoms. The van der Waals surface area contributed by atoms with Crippen LogP contribution in [0.5, 0.6) is 5.75 Å². The number of nitrogens with one attached hydrogen (secondary N) is 1. The third kappa shape index (κ3) is 6.35. The number of benzene rings is 1. The van der Waals surface area contributed by atoms with E-state index in [4.69, 9.17) is 12.2 Å². The molecule has 1 N–H and O–H groups in total. The van der Waals surface area contributed by atoms with Gasteiger partial charge in [0, 0.05) is 50.8 Å². The molecule has 2 aromatic rings. The van der Waals surface area contributed by atoms with Crippen molar-refractivity contribution in [1.29, 1.82) is 0 Å². The minimum Gasteiger partial charge on any atom is -0.406 e. The van der Waals surface area contributed by atoms with Crippen molar-refractivity contribution in [2.24, 2.45) is 0 Å². The molecule has 28 heavy (non-hydrogen) atoms. The molecule has 1 aromatic carbocycles. The Labute approximate surface area is 167 Å². The number of alkyl halides is 3. The molecule has 0 unspecified atom stereocenters. The van der Waals surface area contributed by atoms with Crippen molar-refractivity contribution >= 4 is 23.0 Å². The van der Waals surface area contributed by atoms with Gasteiger partial charge in [0.05, 0.1) is 0 Å². The quantitative estimate of drug-likeness (QED) is 0.772. The van der Waals surface area contributed by atoms with Crippen LogP contribution in [0.2, 0.25) is 0 Å². The second kappa shape index (κ2) is 9.20. The van der Waals surface area contributed by atoms with E-state index in [1.807, 2.05) is 12.1 Å². The summed E-state index contributed by atoms with van der Waals surface area (Å²) in [4.78, 5) is 8.50. The van der Waals surface area contributed by atoms with Gasteiger partial charge in [0.25, 0.3) is 0 Å². The van der Waals surface area contributed by atoms with Crippen LogP contribution in [0.25, 0.3) is 0 Å². The fraction of sp³-hybridized carbons (Fsp3) is 0.368. The predicted molar refractivity (Wildman–Crippen MR) is 105 cm³/mol. The van der Waals surface area contributed by atoms with E-state index in [1.54, 1.807) is 12.4 Å². The largest absolute Gasteiger partial charge is 0.573 e. The van der Waals surface area contributed by atoms with Gasteiger partial charge in [-0.05, 0) is 60.6 Å². The van der Waals surface area contributed by atoms with Crippen molar-refractivity contribution < 1.29 is 17.9 Å². The highest BCUT2D eigenvalue weighted by molar-refractivity contribution is 7.80. The number of anilines is 1. The minimum absolute atomic E-state index is 0.259. The van der Waals surface area contributed by atoms with Crippen LogP contribution in [0.4, 0.5) is 18.9 Å². The summed E-state index contributed by atoms with van der Waals surface area (Å²) in [7, 11) is 0. The van der Waals surface area contributed by atoms with E-state index < -0.39 is 6.36 Å². The van der Waals surface area contributed by atoms with Gasteiger partial charge in [-0.1, -0.05) is 0 Å². The normalized spacial score (nSPS) is 15.8. The molecule has 0 bridgehead atoms. The smallest absolute Gasteiger partial charge is 0.406 e. The van der Waals surface area contributed by atoms with Gasteiger partial charge in [-0.3, -0.25) is 9.88 Å². The zero-order chi connectivity index (χ0) is 20.0. The number of hydrogen-bond donors (Lipinski definition) is 1. The number of hydrogen-bond acceptors (Lipinski definition) is 4. The fourth-order valence-corrected chi connectivity index (χ4v) is 3.32. The van der Waals surface area contributed by atoms with Gasteiger partial charge in [0.15, 0.2) is 5.11 Å². The summed E-state index contributed by atoms with van der Waals surface area (Å²) in [6.45, 7) is 4.34. The highest BCUT2D eigenvalue weighted by atomic mass is 32.1. The number of pyridine rings is 1. The fourth-order valence-electron chi connectivity index (χ4n) is 3.02. The topological polar surface area (TPSA) is 40.6 Å². The molecule has 5 nitrogen and oxygen atoms in total. The van der Waals surface area contributed by atoms with E-state index in [2.05, 4.69) is 24.8 Å². The maximum absolute atomic E-state index is 12.2. The highest BCUT2D eigenvalue weighted by Crippen LogP contribution is 2.24. The molecule has 1 fully saturated rings. The van der Waals surface area contributed by atoms with Crippen LogP contribution in [-0.4, -0.2) is 52.4 Å². The Morgan fingerprint density at radius 2 is 1.75 bits per heavy atom. The Kier molecular flexibility index (Phi) is 6.69. The summed E-state index contributed by atoms with van der Waals surface area (Å²) in [6, 6.07) is 9.58. The van der Waals surface area contributed by atoms with Crippen molar-refractivity contribution in [1.82, 2.24) is 14.8 Å². The van der Waals surface area contributed by atoms with E-state index in [-0.39, 0.29) is 5.75 Å². The first-order chi connectivity index (χ1) is 13.4. The molecule has 2 heterocycles. The number of rotatable bonds is 4. The van der Waals surface area contributed by atoms with E-state index in [1.165, 1.54) is 29.8 Å². The molecule has 1 aliphatic heterocycles. The van der Waals surface area contributed by atoms with Crippen LogP contribution >= 0.6 is 12.2 Å². The third-order valence-electron chi connectivity index (χ3n) is 4.37. The van der Waals surface area contributed by atoms with Gasteiger partial charge in [0.1, 0.15) is 5.75 Å². The van der Waals surface area contributed by atoms with Gasteiger partial charge in [-0.25, -0.2) is 0 Å². The maximum Gasteiger partial charge on any atom is 0.573 e. The SMILES string of the molecule is FC(F)(F)Oc1ccc(NC(=S)N2CCCN(Cc3ccncc3)CC2)cc1. The van der Waals surface area contributed by atoms with Crippen LogP contribution < -0.4 is 10.1 Å². The second-order valence-electron chi connectivity index (χ2n) is 6.47. The lowest BCUT2D eigenvalue weighted by Gasteiger charge is -2.24. The maximum atomic E-state index is 12.2. The average molecular weight is 410 g/mol. The Bertz CT molecular complexity index is 771. The summed E-state index contributed by atoms with van der Waals surface area (Å²) in [5.41, 5.74) is 1.85. The Morgan fingerprint density at radius 3 is 2.43 bits per heavy atom. The van der Waals surface area contributed by atoms with Crippen LogP contribution in [0, 0.1) is 0 Å². The first-order valence-electron chi connectivity index (χ1n) is 8.92. The molecule has 0 radical (unpaired) electrons. The van der Waals surface area contributed by atoms with E-state index in [0.717, 1.165) is 39.1 Å². The molecule has 3 rings (SSSR count). The summed E-state index contributed by atoms with van der Waals surface area (Å²) in [5.74, 6) is -0.259. The van der Waals surface area contributed by atoms with Crippen molar-refractivity contribution in [3.63, 3.8) is 0 Å². The molecule has 0 aliphatic carbocycles. The lowest BCUT2D eigenvalue weighted by Crippen LogP contribution is -2.37. The second-order valence-corrected chi connectivity index (χ2v) is 6.86. The van der Waals surface area contributed by atoms with Crippen molar-refractivity contribution in [3.8, 4) is 5.75 Å². The standard InChI is InChI=1S/C19H21F3N4OS/c20-19(21,22)27-17-4-2-16(3-5-17)24-18(28)26-11-1-10-25(12-13-26)14-15-6-8-23-9-7-15/h2-9H,1,10-14H2,(H,24,28). The van der Waals surface area contributed by atoms with Gasteiger partial charge in [-0.15, -0.1) is 13.2 Å². The molecule has 0 atom stereocenters. The Morgan fingerprint density at radius 1 is 1.04 bits per heavy atom. The highest BCUT2D eigenvalue weighted by Gasteiger charge is 2.31. The van der Waals surface area contributed by atoms with Gasteiger partial charge in [0.2, 0.25) is 0 Å². The molecular formula is C19H21F3N4OS. The summed E-state index contributed by atoms with van der Waals surface area (Å²) in [6.07, 6.45) is -0.128. The van der Waals surface area contributed by atoms with Gasteiger partial charge < -0.3 is 15.0 Å². The lowest BCUT2D eigenvalue weighted by atomic mass is 10.2. The number of nitrogens with zero attached hydrogens (tertiary/aromatic N) is 3. The van der Waals surface area contributed by atoms with Crippen molar-refractivity contribution in [2.75, 3.05) is 31.5 Å². The zero-order valence-electron chi connectivity index (χ0n) is 15.2. The average Bonchev–Trinajstić information content (AvgIpc) is 2.89. The molecule has 0 saturated carbocycles. The monoisotopic (exact) mass is 410 g/mol. The van der Waals surface area contributed by atoms with E-state index >= 15 is 0 Å². The molecular weight excluding hydrogens is 389 g/mol.